The number of nitrogens with one attached hydrogen (secondary N) is 1. The Hall–Kier alpha value is -3.39. The Morgan fingerprint density at radius 2 is 2.00 bits per heavy atom. The molecule has 0 amide bonds. The Morgan fingerprint density at radius 1 is 1.21 bits per heavy atom. The fourth-order valence-electron chi connectivity index (χ4n) is 3.03. The fraction of sp³-hybridized carbons (Fsp3) is 0.238. The molecule has 8 heteroatoms. The normalized spacial score (nSPS) is 12.6. The van der Waals surface area contributed by atoms with Gasteiger partial charge in [-0.2, -0.15) is 4.98 Å². The lowest BCUT2D eigenvalue weighted by atomic mass is 10.1. The summed E-state index contributed by atoms with van der Waals surface area (Å²) in [6.07, 6.45) is 0. The minimum Gasteiger partial charge on any atom is -0.337 e. The van der Waals surface area contributed by atoms with Gasteiger partial charge in [-0.25, -0.2) is 9.37 Å². The zero-order valence-electron chi connectivity index (χ0n) is 16.3. The molecule has 0 spiro atoms. The SMILES string of the molecule is Cc1ccc(-c2noc([C@H](C)N(C)Cc3nc4ccccc4c(=O)[nH]3)n2)cc1F. The minimum absolute atomic E-state index is 0.173. The van der Waals surface area contributed by atoms with Crippen LogP contribution in [0.15, 0.2) is 51.8 Å². The average Bonchev–Trinajstić information content (AvgIpc) is 3.19. The predicted octanol–water partition coefficient (Wildman–Crippen LogP) is 3.61. The number of halogens is 1. The lowest BCUT2D eigenvalue weighted by Gasteiger charge is -2.20. The van der Waals surface area contributed by atoms with Crippen LogP contribution >= 0.6 is 0 Å². The molecule has 4 rings (SSSR count). The smallest absolute Gasteiger partial charge is 0.258 e. The quantitative estimate of drug-likeness (QED) is 0.557. The second-order valence-corrected chi connectivity index (χ2v) is 7.04. The highest BCUT2D eigenvalue weighted by molar-refractivity contribution is 5.77. The van der Waals surface area contributed by atoms with Crippen molar-refractivity contribution in [2.45, 2.75) is 26.4 Å². The van der Waals surface area contributed by atoms with Crippen LogP contribution in [0, 0.1) is 12.7 Å². The van der Waals surface area contributed by atoms with E-state index in [1.165, 1.54) is 6.07 Å². The maximum absolute atomic E-state index is 13.8. The van der Waals surface area contributed by atoms with Gasteiger partial charge in [0.2, 0.25) is 11.7 Å². The first-order valence-corrected chi connectivity index (χ1v) is 9.20. The van der Waals surface area contributed by atoms with E-state index in [1.807, 2.05) is 31.0 Å². The van der Waals surface area contributed by atoms with E-state index < -0.39 is 0 Å². The highest BCUT2D eigenvalue weighted by atomic mass is 19.1. The van der Waals surface area contributed by atoms with Gasteiger partial charge >= 0.3 is 0 Å². The molecule has 1 N–H and O–H groups in total. The maximum Gasteiger partial charge on any atom is 0.258 e. The van der Waals surface area contributed by atoms with Gasteiger partial charge in [0, 0.05) is 5.56 Å². The van der Waals surface area contributed by atoms with Gasteiger partial charge in [0.15, 0.2) is 0 Å². The van der Waals surface area contributed by atoms with Crippen molar-refractivity contribution in [1.29, 1.82) is 0 Å². The Balaban J connectivity index is 1.54. The second-order valence-electron chi connectivity index (χ2n) is 7.04. The van der Waals surface area contributed by atoms with Crippen molar-refractivity contribution < 1.29 is 8.91 Å². The molecule has 2 heterocycles. The van der Waals surface area contributed by atoms with E-state index >= 15 is 0 Å². The third kappa shape index (κ3) is 3.79. The molecule has 0 saturated heterocycles. The van der Waals surface area contributed by atoms with Gasteiger partial charge in [-0.05, 0) is 44.7 Å². The molecule has 0 unspecified atom stereocenters. The van der Waals surface area contributed by atoms with Gasteiger partial charge in [0.05, 0.1) is 23.5 Å². The van der Waals surface area contributed by atoms with E-state index in [4.69, 9.17) is 4.52 Å². The van der Waals surface area contributed by atoms with Crippen molar-refractivity contribution >= 4 is 10.9 Å². The molecule has 29 heavy (non-hydrogen) atoms. The van der Waals surface area contributed by atoms with E-state index in [9.17, 15) is 9.18 Å². The number of aromatic nitrogens is 4. The van der Waals surface area contributed by atoms with Gasteiger partial charge in [0.1, 0.15) is 11.6 Å². The summed E-state index contributed by atoms with van der Waals surface area (Å²) in [5.41, 5.74) is 1.59. The van der Waals surface area contributed by atoms with Gasteiger partial charge in [0.25, 0.3) is 5.56 Å². The maximum atomic E-state index is 13.8. The summed E-state index contributed by atoms with van der Waals surface area (Å²) in [4.78, 5) is 25.9. The highest BCUT2D eigenvalue weighted by Gasteiger charge is 2.21. The van der Waals surface area contributed by atoms with Crippen LogP contribution in [0.3, 0.4) is 0 Å². The Morgan fingerprint density at radius 3 is 2.79 bits per heavy atom. The van der Waals surface area contributed by atoms with Crippen LogP contribution in [0.5, 0.6) is 0 Å². The number of nitrogens with zero attached hydrogens (tertiary/aromatic N) is 4. The van der Waals surface area contributed by atoms with Crippen LogP contribution in [0.2, 0.25) is 0 Å². The van der Waals surface area contributed by atoms with E-state index in [1.54, 1.807) is 31.2 Å². The van der Waals surface area contributed by atoms with Crippen molar-refractivity contribution in [3.63, 3.8) is 0 Å². The molecule has 0 aliphatic heterocycles. The first-order valence-electron chi connectivity index (χ1n) is 9.20. The zero-order valence-corrected chi connectivity index (χ0v) is 16.3. The van der Waals surface area contributed by atoms with Crippen LogP contribution in [0.4, 0.5) is 4.39 Å². The summed E-state index contributed by atoms with van der Waals surface area (Å²) in [7, 11) is 1.87. The molecule has 0 aliphatic rings. The first-order chi connectivity index (χ1) is 13.9. The topological polar surface area (TPSA) is 87.9 Å². The number of para-hydroxylation sites is 1. The molecule has 0 bridgehead atoms. The minimum atomic E-state index is -0.314. The molecule has 0 saturated carbocycles. The highest BCUT2D eigenvalue weighted by Crippen LogP contribution is 2.23. The molecule has 148 valence electrons. The zero-order chi connectivity index (χ0) is 20.5. The van der Waals surface area contributed by atoms with Crippen LogP contribution < -0.4 is 5.56 Å². The van der Waals surface area contributed by atoms with E-state index in [0.717, 1.165) is 0 Å². The lowest BCUT2D eigenvalue weighted by Crippen LogP contribution is -2.25. The van der Waals surface area contributed by atoms with Crippen molar-refractivity contribution in [2.75, 3.05) is 7.05 Å². The van der Waals surface area contributed by atoms with Crippen molar-refractivity contribution in [3.8, 4) is 11.4 Å². The summed E-state index contributed by atoms with van der Waals surface area (Å²) in [6, 6.07) is 11.8. The van der Waals surface area contributed by atoms with E-state index in [2.05, 4.69) is 20.1 Å². The number of benzene rings is 2. The lowest BCUT2D eigenvalue weighted by molar-refractivity contribution is 0.199. The number of H-pyrrole nitrogens is 1. The number of aromatic amines is 1. The van der Waals surface area contributed by atoms with Gasteiger partial charge < -0.3 is 9.51 Å². The summed E-state index contributed by atoms with van der Waals surface area (Å²) < 4.78 is 19.2. The second kappa shape index (κ2) is 7.56. The summed E-state index contributed by atoms with van der Waals surface area (Å²) in [5.74, 6) is 0.955. The number of hydrogen-bond acceptors (Lipinski definition) is 6. The standard InChI is InChI=1S/C21H20FN5O2/c1-12-8-9-14(10-16(12)22)19-25-21(29-26-19)13(2)27(3)11-18-23-17-7-5-4-6-15(17)20(28)24-18/h4-10,13H,11H2,1-3H3,(H,23,24,28)/t13-/m0/s1. The average molecular weight is 393 g/mol. The van der Waals surface area contributed by atoms with Crippen LogP contribution in [-0.4, -0.2) is 32.1 Å². The van der Waals surface area contributed by atoms with Gasteiger partial charge in [-0.1, -0.05) is 29.4 Å². The Bertz CT molecular complexity index is 1230. The monoisotopic (exact) mass is 393 g/mol. The summed E-state index contributed by atoms with van der Waals surface area (Å²) in [5, 5.41) is 4.52. The summed E-state index contributed by atoms with van der Waals surface area (Å²) in [6.45, 7) is 3.99. The van der Waals surface area contributed by atoms with E-state index in [0.29, 0.717) is 46.1 Å². The predicted molar refractivity (Wildman–Crippen MR) is 107 cm³/mol. The third-order valence-corrected chi connectivity index (χ3v) is 4.95. The first kappa shape index (κ1) is 18.9. The molecule has 0 radical (unpaired) electrons. The fourth-order valence-corrected chi connectivity index (χ4v) is 3.03. The molecule has 7 nitrogen and oxygen atoms in total. The number of aryl methyl sites for hydroxylation is 1. The summed E-state index contributed by atoms with van der Waals surface area (Å²) >= 11 is 0. The molecule has 2 aromatic carbocycles. The van der Waals surface area contributed by atoms with E-state index in [-0.39, 0.29) is 17.4 Å². The molecular weight excluding hydrogens is 373 g/mol. The Kier molecular flexibility index (Phi) is 4.94. The number of fused-ring (bicyclic) bond motifs is 1. The molecule has 0 aliphatic carbocycles. The van der Waals surface area contributed by atoms with Crippen LogP contribution in [-0.2, 0) is 6.54 Å². The van der Waals surface area contributed by atoms with Crippen molar-refractivity contribution in [3.05, 3.63) is 75.9 Å². The third-order valence-electron chi connectivity index (χ3n) is 4.95. The van der Waals surface area contributed by atoms with Crippen LogP contribution in [0.1, 0.15) is 30.2 Å². The molecule has 2 aromatic heterocycles. The van der Waals surface area contributed by atoms with Gasteiger partial charge in [-0.15, -0.1) is 0 Å². The molecule has 0 fully saturated rings. The van der Waals surface area contributed by atoms with Crippen molar-refractivity contribution in [1.82, 2.24) is 25.0 Å². The van der Waals surface area contributed by atoms with Crippen molar-refractivity contribution in [2.24, 2.45) is 0 Å². The molecule has 4 aromatic rings. The number of hydrogen-bond donors (Lipinski definition) is 1. The van der Waals surface area contributed by atoms with Gasteiger partial charge in [-0.3, -0.25) is 9.69 Å². The molecule has 1 atom stereocenters. The van der Waals surface area contributed by atoms with Crippen LogP contribution in [0.25, 0.3) is 22.3 Å². The largest absolute Gasteiger partial charge is 0.337 e. The molecular formula is C21H20FN5O2. The Labute approximate surface area is 166 Å². The number of rotatable bonds is 5.